The van der Waals surface area contributed by atoms with Crippen molar-refractivity contribution >= 4 is 0 Å². The molecule has 3 heteroatoms. The van der Waals surface area contributed by atoms with Gasteiger partial charge in [0.15, 0.2) is 0 Å². The highest BCUT2D eigenvalue weighted by atomic mass is 15.1. The van der Waals surface area contributed by atoms with E-state index in [1.54, 1.807) is 0 Å². The lowest BCUT2D eigenvalue weighted by molar-refractivity contribution is 0.183. The number of piperidine rings is 1. The predicted octanol–water partition coefficient (Wildman–Crippen LogP) is 2.64. The monoisotopic (exact) mass is 223 g/mol. The minimum atomic E-state index is 0. The predicted molar refractivity (Wildman–Crippen MR) is 68.4 cm³/mol. The molecule has 0 N–H and O–H groups in total. The van der Waals surface area contributed by atoms with E-state index in [1.165, 1.54) is 38.9 Å². The number of imidazole rings is 1. The van der Waals surface area contributed by atoms with Crippen LogP contribution in [-0.4, -0.2) is 34.1 Å². The average molecular weight is 223 g/mol. The Morgan fingerprint density at radius 2 is 2.06 bits per heavy atom. The van der Waals surface area contributed by atoms with Crippen LogP contribution in [0, 0.1) is 5.92 Å². The lowest BCUT2D eigenvalue weighted by Crippen LogP contribution is -2.33. The molecule has 2 rings (SSSR count). The van der Waals surface area contributed by atoms with Gasteiger partial charge >= 0.3 is 0 Å². The van der Waals surface area contributed by atoms with E-state index in [2.05, 4.69) is 27.6 Å². The smallest absolute Gasteiger partial charge is 0.0945 e. The number of rotatable bonds is 4. The Bertz CT molecular complexity index is 261. The third-order valence-corrected chi connectivity index (χ3v) is 3.51. The van der Waals surface area contributed by atoms with Crippen LogP contribution < -0.4 is 0 Å². The number of hydrogen-bond acceptors (Lipinski definition) is 2. The van der Waals surface area contributed by atoms with E-state index in [1.807, 2.05) is 12.5 Å². The fourth-order valence-electron chi connectivity index (χ4n) is 2.34. The second kappa shape index (κ2) is 6.69. The molecule has 0 saturated carbocycles. The molecule has 2 heterocycles. The summed E-state index contributed by atoms with van der Waals surface area (Å²) in [6.07, 6.45) is 9.90. The van der Waals surface area contributed by atoms with Crippen molar-refractivity contribution in [3.8, 4) is 0 Å². The van der Waals surface area contributed by atoms with E-state index >= 15 is 0 Å². The minimum absolute atomic E-state index is 0. The van der Waals surface area contributed by atoms with Gasteiger partial charge in [-0.15, -0.1) is 0 Å². The first kappa shape index (κ1) is 13.2. The highest BCUT2D eigenvalue weighted by Gasteiger charge is 2.17. The van der Waals surface area contributed by atoms with E-state index in [0.29, 0.717) is 0 Å². The van der Waals surface area contributed by atoms with Crippen LogP contribution in [0.1, 0.15) is 33.6 Å². The Morgan fingerprint density at radius 3 is 2.62 bits per heavy atom. The van der Waals surface area contributed by atoms with Crippen molar-refractivity contribution < 1.29 is 0 Å². The van der Waals surface area contributed by atoms with Crippen molar-refractivity contribution in [2.24, 2.45) is 5.92 Å². The number of hydrogen-bond donors (Lipinski definition) is 0. The van der Waals surface area contributed by atoms with Crippen molar-refractivity contribution in [3.05, 3.63) is 18.7 Å². The minimum Gasteiger partial charge on any atom is -0.337 e. The maximum Gasteiger partial charge on any atom is 0.0945 e. The molecular weight excluding hydrogens is 198 g/mol. The average Bonchev–Trinajstić information content (AvgIpc) is 2.80. The molecule has 1 aromatic rings. The van der Waals surface area contributed by atoms with Gasteiger partial charge in [-0.3, -0.25) is 0 Å². The van der Waals surface area contributed by atoms with Crippen LogP contribution in [0.15, 0.2) is 18.7 Å². The van der Waals surface area contributed by atoms with Gasteiger partial charge in [-0.25, -0.2) is 4.98 Å². The van der Waals surface area contributed by atoms with E-state index in [0.717, 1.165) is 12.5 Å². The fourth-order valence-corrected chi connectivity index (χ4v) is 2.34. The molecule has 0 aromatic carbocycles. The maximum atomic E-state index is 4.07. The molecule has 0 radical (unpaired) electrons. The van der Waals surface area contributed by atoms with Gasteiger partial charge in [0.05, 0.1) is 6.33 Å². The van der Waals surface area contributed by atoms with Crippen molar-refractivity contribution in [3.63, 3.8) is 0 Å². The molecule has 0 amide bonds. The zero-order valence-electron chi connectivity index (χ0n) is 9.60. The van der Waals surface area contributed by atoms with E-state index < -0.39 is 0 Å². The zero-order chi connectivity index (χ0) is 10.5. The van der Waals surface area contributed by atoms with Crippen LogP contribution in [-0.2, 0) is 6.54 Å². The SMILES string of the molecule is C.CCN1CCC(CCn2ccnc2)CC1. The van der Waals surface area contributed by atoms with Gasteiger partial charge in [-0.2, -0.15) is 0 Å². The molecule has 0 bridgehead atoms. The summed E-state index contributed by atoms with van der Waals surface area (Å²) in [5.74, 6) is 0.926. The molecule has 1 aliphatic heterocycles. The van der Waals surface area contributed by atoms with E-state index in [9.17, 15) is 0 Å². The van der Waals surface area contributed by atoms with Crippen molar-refractivity contribution in [2.45, 2.75) is 40.2 Å². The number of aryl methyl sites for hydroxylation is 1. The second-order valence-corrected chi connectivity index (χ2v) is 4.47. The summed E-state index contributed by atoms with van der Waals surface area (Å²) in [5.41, 5.74) is 0. The molecule has 0 unspecified atom stereocenters. The maximum absolute atomic E-state index is 4.07. The van der Waals surface area contributed by atoms with Gasteiger partial charge in [-0.05, 0) is 44.8 Å². The Morgan fingerprint density at radius 1 is 1.31 bits per heavy atom. The number of nitrogens with zero attached hydrogens (tertiary/aromatic N) is 3. The van der Waals surface area contributed by atoms with Crippen LogP contribution in [0.5, 0.6) is 0 Å². The first-order chi connectivity index (χ1) is 7.38. The van der Waals surface area contributed by atoms with Gasteiger partial charge in [0, 0.05) is 18.9 Å². The molecule has 0 atom stereocenters. The molecule has 1 aromatic heterocycles. The Balaban J connectivity index is 0.00000128. The standard InChI is InChI=1S/C12H21N3.CH4/c1-2-14-7-3-12(4-8-14)5-9-15-10-6-13-11-15;/h6,10-12H,2-5,7-9H2,1H3;1H4. The molecule has 92 valence electrons. The summed E-state index contributed by atoms with van der Waals surface area (Å²) in [7, 11) is 0. The summed E-state index contributed by atoms with van der Waals surface area (Å²) < 4.78 is 2.19. The summed E-state index contributed by atoms with van der Waals surface area (Å²) in [6.45, 7) is 7.20. The first-order valence-corrected chi connectivity index (χ1v) is 6.06. The Hall–Kier alpha value is -0.830. The van der Waals surface area contributed by atoms with Crippen LogP contribution in [0.25, 0.3) is 0 Å². The third-order valence-electron chi connectivity index (χ3n) is 3.51. The molecular formula is C13H25N3. The van der Waals surface area contributed by atoms with Crippen molar-refractivity contribution in [2.75, 3.05) is 19.6 Å². The Labute approximate surface area is 99.5 Å². The van der Waals surface area contributed by atoms with Crippen LogP contribution in [0.3, 0.4) is 0 Å². The summed E-state index contributed by atoms with van der Waals surface area (Å²) in [6, 6.07) is 0. The van der Waals surface area contributed by atoms with Gasteiger partial charge in [0.25, 0.3) is 0 Å². The molecule has 1 saturated heterocycles. The summed E-state index contributed by atoms with van der Waals surface area (Å²) in [4.78, 5) is 6.62. The zero-order valence-corrected chi connectivity index (χ0v) is 9.60. The number of aromatic nitrogens is 2. The van der Waals surface area contributed by atoms with E-state index in [-0.39, 0.29) is 7.43 Å². The van der Waals surface area contributed by atoms with E-state index in [4.69, 9.17) is 0 Å². The summed E-state index contributed by atoms with van der Waals surface area (Å²) >= 11 is 0. The molecule has 0 aliphatic carbocycles. The van der Waals surface area contributed by atoms with Gasteiger partial charge in [0.2, 0.25) is 0 Å². The van der Waals surface area contributed by atoms with Crippen LogP contribution in [0.2, 0.25) is 0 Å². The molecule has 16 heavy (non-hydrogen) atoms. The topological polar surface area (TPSA) is 21.1 Å². The van der Waals surface area contributed by atoms with Crippen LogP contribution >= 0.6 is 0 Å². The lowest BCUT2D eigenvalue weighted by Gasteiger charge is -2.31. The van der Waals surface area contributed by atoms with Gasteiger partial charge in [0.1, 0.15) is 0 Å². The molecule has 3 nitrogen and oxygen atoms in total. The first-order valence-electron chi connectivity index (χ1n) is 6.06. The molecule has 0 spiro atoms. The van der Waals surface area contributed by atoms with Crippen LogP contribution in [0.4, 0.5) is 0 Å². The molecule has 1 fully saturated rings. The summed E-state index contributed by atoms with van der Waals surface area (Å²) in [5, 5.41) is 0. The van der Waals surface area contributed by atoms with Gasteiger partial charge < -0.3 is 9.47 Å². The fraction of sp³-hybridized carbons (Fsp3) is 0.769. The quantitative estimate of drug-likeness (QED) is 0.782. The largest absolute Gasteiger partial charge is 0.337 e. The van der Waals surface area contributed by atoms with Gasteiger partial charge in [-0.1, -0.05) is 14.4 Å². The normalized spacial score (nSPS) is 18.3. The van der Waals surface area contributed by atoms with Crippen molar-refractivity contribution in [1.29, 1.82) is 0 Å². The highest BCUT2D eigenvalue weighted by Crippen LogP contribution is 2.20. The second-order valence-electron chi connectivity index (χ2n) is 4.47. The Kier molecular flexibility index (Phi) is 5.53. The number of likely N-dealkylation sites (tertiary alicyclic amines) is 1. The highest BCUT2D eigenvalue weighted by molar-refractivity contribution is 4.76. The lowest BCUT2D eigenvalue weighted by atomic mass is 9.93. The van der Waals surface area contributed by atoms with Crippen molar-refractivity contribution in [1.82, 2.24) is 14.5 Å². The third kappa shape index (κ3) is 3.63. The molecule has 1 aliphatic rings.